The van der Waals surface area contributed by atoms with E-state index in [9.17, 15) is 8.42 Å². The Bertz CT molecular complexity index is 457. The summed E-state index contributed by atoms with van der Waals surface area (Å²) in [6, 6.07) is 4.81. The van der Waals surface area contributed by atoms with Crippen LogP contribution in [0.1, 0.15) is 12.0 Å². The third kappa shape index (κ3) is 3.47. The molecule has 1 N–H and O–H groups in total. The molecule has 0 atom stereocenters. The maximum absolute atomic E-state index is 11.9. The number of halogens is 1. The van der Waals surface area contributed by atoms with Gasteiger partial charge >= 0.3 is 0 Å². The van der Waals surface area contributed by atoms with Crippen LogP contribution in [0.2, 0.25) is 5.02 Å². The summed E-state index contributed by atoms with van der Waals surface area (Å²) in [6.07, 6.45) is 0.612. The van der Waals surface area contributed by atoms with Crippen molar-refractivity contribution in [3.8, 4) is 0 Å². The molecule has 0 aromatic heterocycles. The van der Waals surface area contributed by atoms with Crippen molar-refractivity contribution in [2.45, 2.75) is 18.2 Å². The molecule has 0 fully saturated rings. The van der Waals surface area contributed by atoms with E-state index in [4.69, 9.17) is 11.6 Å². The Labute approximate surface area is 102 Å². The predicted octanol–water partition coefficient (Wildman–Crippen LogP) is 2.03. The molecule has 0 saturated heterocycles. The van der Waals surface area contributed by atoms with Crippen molar-refractivity contribution in [1.82, 2.24) is 5.32 Å². The number of hydrogen-bond acceptors (Lipinski definition) is 3. The van der Waals surface area contributed by atoms with Gasteiger partial charge in [0.05, 0.1) is 10.6 Å². The third-order valence-electron chi connectivity index (χ3n) is 2.33. The second-order valence-corrected chi connectivity index (χ2v) is 6.20. The molecular weight excluding hydrogens is 246 g/mol. The molecule has 0 aliphatic rings. The van der Waals surface area contributed by atoms with Crippen LogP contribution in [0.3, 0.4) is 0 Å². The zero-order valence-corrected chi connectivity index (χ0v) is 11.0. The average Bonchev–Trinajstić information content (AvgIpc) is 2.22. The van der Waals surface area contributed by atoms with Crippen LogP contribution in [0.15, 0.2) is 23.1 Å². The van der Waals surface area contributed by atoms with Gasteiger partial charge in [-0.3, -0.25) is 0 Å². The number of sulfone groups is 1. The molecular formula is C11H16ClNO2S. The Morgan fingerprint density at radius 1 is 1.38 bits per heavy atom. The van der Waals surface area contributed by atoms with Crippen molar-refractivity contribution >= 4 is 21.4 Å². The first-order valence-corrected chi connectivity index (χ1v) is 7.14. The maximum Gasteiger partial charge on any atom is 0.178 e. The highest BCUT2D eigenvalue weighted by Gasteiger charge is 2.14. The number of benzene rings is 1. The van der Waals surface area contributed by atoms with E-state index in [1.807, 2.05) is 0 Å². The SMILES string of the molecule is CNCCCS(=O)(=O)c1ccc(Cl)c(C)c1. The van der Waals surface area contributed by atoms with Crippen LogP contribution < -0.4 is 5.32 Å². The van der Waals surface area contributed by atoms with E-state index in [1.165, 1.54) is 0 Å². The highest BCUT2D eigenvalue weighted by atomic mass is 35.5. The van der Waals surface area contributed by atoms with E-state index in [2.05, 4.69) is 5.32 Å². The summed E-state index contributed by atoms with van der Waals surface area (Å²) < 4.78 is 23.8. The summed E-state index contributed by atoms with van der Waals surface area (Å²) in [4.78, 5) is 0.352. The third-order valence-corrected chi connectivity index (χ3v) is 4.55. The first-order valence-electron chi connectivity index (χ1n) is 5.11. The van der Waals surface area contributed by atoms with Crippen molar-refractivity contribution < 1.29 is 8.42 Å². The molecule has 0 aliphatic carbocycles. The van der Waals surface area contributed by atoms with E-state index in [1.54, 1.807) is 32.2 Å². The fourth-order valence-electron chi connectivity index (χ4n) is 1.37. The molecule has 1 aromatic rings. The first kappa shape index (κ1) is 13.5. The Morgan fingerprint density at radius 3 is 2.62 bits per heavy atom. The summed E-state index contributed by atoms with van der Waals surface area (Å²) in [7, 11) is -1.37. The molecule has 3 nitrogen and oxygen atoms in total. The van der Waals surface area contributed by atoms with E-state index in [0.29, 0.717) is 22.9 Å². The topological polar surface area (TPSA) is 46.2 Å². The van der Waals surface area contributed by atoms with E-state index >= 15 is 0 Å². The highest BCUT2D eigenvalue weighted by Crippen LogP contribution is 2.20. The lowest BCUT2D eigenvalue weighted by Crippen LogP contribution is -2.14. The van der Waals surface area contributed by atoms with Crippen molar-refractivity contribution in [2.75, 3.05) is 19.3 Å². The normalized spacial score (nSPS) is 11.7. The predicted molar refractivity (Wildman–Crippen MR) is 66.8 cm³/mol. The molecule has 0 amide bonds. The minimum atomic E-state index is -3.17. The molecule has 0 spiro atoms. The Morgan fingerprint density at radius 2 is 2.06 bits per heavy atom. The smallest absolute Gasteiger partial charge is 0.178 e. The molecule has 90 valence electrons. The monoisotopic (exact) mass is 261 g/mol. The molecule has 16 heavy (non-hydrogen) atoms. The highest BCUT2D eigenvalue weighted by molar-refractivity contribution is 7.91. The van der Waals surface area contributed by atoms with Gasteiger partial charge in [-0.05, 0) is 50.7 Å². The first-order chi connectivity index (χ1) is 7.47. The van der Waals surface area contributed by atoms with Gasteiger partial charge in [-0.2, -0.15) is 0 Å². The molecule has 0 heterocycles. The molecule has 0 unspecified atom stereocenters. The van der Waals surface area contributed by atoms with E-state index in [0.717, 1.165) is 5.56 Å². The van der Waals surface area contributed by atoms with E-state index in [-0.39, 0.29) is 5.75 Å². The summed E-state index contributed by atoms with van der Waals surface area (Å²) >= 11 is 5.85. The molecule has 0 radical (unpaired) electrons. The van der Waals surface area contributed by atoms with Gasteiger partial charge in [0, 0.05) is 5.02 Å². The second kappa shape index (κ2) is 5.66. The van der Waals surface area contributed by atoms with Crippen molar-refractivity contribution in [3.63, 3.8) is 0 Å². The van der Waals surface area contributed by atoms with Crippen LogP contribution in [-0.2, 0) is 9.84 Å². The summed E-state index contributed by atoms with van der Waals surface area (Å²) in [6.45, 7) is 2.50. The molecule has 5 heteroatoms. The maximum atomic E-state index is 11.9. The fourth-order valence-corrected chi connectivity index (χ4v) is 2.88. The van der Waals surface area contributed by atoms with Crippen molar-refractivity contribution in [1.29, 1.82) is 0 Å². The van der Waals surface area contributed by atoms with Gasteiger partial charge in [0.1, 0.15) is 0 Å². The molecule has 1 rings (SSSR count). The van der Waals surface area contributed by atoms with Gasteiger partial charge in [-0.1, -0.05) is 11.6 Å². The molecule has 0 aliphatic heterocycles. The number of nitrogens with one attached hydrogen (secondary N) is 1. The lowest BCUT2D eigenvalue weighted by atomic mass is 10.2. The van der Waals surface area contributed by atoms with Crippen LogP contribution in [0.25, 0.3) is 0 Å². The zero-order valence-electron chi connectivity index (χ0n) is 9.46. The summed E-state index contributed by atoms with van der Waals surface area (Å²) in [5, 5.41) is 3.52. The average molecular weight is 262 g/mol. The van der Waals surface area contributed by atoms with Crippen LogP contribution in [0.5, 0.6) is 0 Å². The Kier molecular flexibility index (Phi) is 4.77. The molecule has 0 bridgehead atoms. The Hall–Kier alpha value is -0.580. The lowest BCUT2D eigenvalue weighted by Gasteiger charge is -2.06. The number of hydrogen-bond donors (Lipinski definition) is 1. The minimum absolute atomic E-state index is 0.162. The van der Waals surface area contributed by atoms with Gasteiger partial charge in [-0.25, -0.2) is 8.42 Å². The quantitative estimate of drug-likeness (QED) is 0.825. The van der Waals surface area contributed by atoms with Gasteiger partial charge in [0.25, 0.3) is 0 Å². The van der Waals surface area contributed by atoms with E-state index < -0.39 is 9.84 Å². The number of aryl methyl sites for hydroxylation is 1. The van der Waals surface area contributed by atoms with Crippen LogP contribution >= 0.6 is 11.6 Å². The van der Waals surface area contributed by atoms with Crippen LogP contribution in [0.4, 0.5) is 0 Å². The minimum Gasteiger partial charge on any atom is -0.320 e. The van der Waals surface area contributed by atoms with Crippen LogP contribution in [0, 0.1) is 6.92 Å². The standard InChI is InChI=1S/C11H16ClNO2S/c1-9-8-10(4-5-11(9)12)16(14,15)7-3-6-13-2/h4-5,8,13H,3,6-7H2,1-2H3. The zero-order chi connectivity index (χ0) is 12.2. The van der Waals surface area contributed by atoms with Gasteiger partial charge < -0.3 is 5.32 Å². The van der Waals surface area contributed by atoms with Crippen LogP contribution in [-0.4, -0.2) is 27.8 Å². The summed E-state index contributed by atoms with van der Waals surface area (Å²) in [5.74, 6) is 0.162. The van der Waals surface area contributed by atoms with Crippen molar-refractivity contribution in [2.24, 2.45) is 0 Å². The Balaban J connectivity index is 2.86. The van der Waals surface area contributed by atoms with Gasteiger partial charge in [0.15, 0.2) is 9.84 Å². The fraction of sp³-hybridized carbons (Fsp3) is 0.455. The van der Waals surface area contributed by atoms with Gasteiger partial charge in [-0.15, -0.1) is 0 Å². The number of rotatable bonds is 5. The summed E-state index contributed by atoms with van der Waals surface area (Å²) in [5.41, 5.74) is 0.788. The molecule has 0 saturated carbocycles. The van der Waals surface area contributed by atoms with Crippen molar-refractivity contribution in [3.05, 3.63) is 28.8 Å². The van der Waals surface area contributed by atoms with Gasteiger partial charge in [0.2, 0.25) is 0 Å². The second-order valence-electron chi connectivity index (χ2n) is 3.69. The largest absolute Gasteiger partial charge is 0.320 e. The molecule has 1 aromatic carbocycles. The lowest BCUT2D eigenvalue weighted by molar-refractivity contribution is 0.591.